The SMILES string of the molecule is CC(C)(C)OC(=O)NC1CCC(N(C(=O)Oc2ccc([N+](=O)[O-])cc2)c2ncc(Br)cn2)CC1. The Morgan fingerprint density at radius 2 is 1.71 bits per heavy atom. The van der Waals surface area contributed by atoms with Crippen LogP contribution in [-0.4, -0.2) is 44.8 Å². The first kappa shape index (κ1) is 25.3. The molecule has 11 nitrogen and oxygen atoms in total. The molecule has 1 N–H and O–H groups in total. The summed E-state index contributed by atoms with van der Waals surface area (Å²) in [6.45, 7) is 5.41. The highest BCUT2D eigenvalue weighted by Crippen LogP contribution is 2.28. The number of hydrogen-bond acceptors (Lipinski definition) is 8. The Hall–Kier alpha value is -3.28. The van der Waals surface area contributed by atoms with Crippen LogP contribution in [0.15, 0.2) is 41.1 Å². The number of hydrogen-bond donors (Lipinski definition) is 1. The van der Waals surface area contributed by atoms with Crippen LogP contribution in [0.1, 0.15) is 46.5 Å². The van der Waals surface area contributed by atoms with Crippen LogP contribution < -0.4 is 15.0 Å². The van der Waals surface area contributed by atoms with Crippen LogP contribution in [0.5, 0.6) is 5.75 Å². The second-order valence-electron chi connectivity index (χ2n) is 8.84. The molecule has 0 saturated heterocycles. The zero-order valence-electron chi connectivity index (χ0n) is 19.1. The van der Waals surface area contributed by atoms with Crippen molar-refractivity contribution < 1.29 is 24.0 Å². The molecule has 0 atom stereocenters. The maximum Gasteiger partial charge on any atom is 0.422 e. The Labute approximate surface area is 205 Å². The lowest BCUT2D eigenvalue weighted by molar-refractivity contribution is -0.384. The molecule has 1 heterocycles. The zero-order chi connectivity index (χ0) is 24.9. The third kappa shape index (κ3) is 7.11. The number of non-ortho nitro benzene ring substituents is 1. The van der Waals surface area contributed by atoms with Gasteiger partial charge >= 0.3 is 12.2 Å². The largest absolute Gasteiger partial charge is 0.444 e. The van der Waals surface area contributed by atoms with Crippen molar-refractivity contribution in [2.45, 2.75) is 64.1 Å². The van der Waals surface area contributed by atoms with Gasteiger partial charge in [-0.1, -0.05) is 0 Å². The Kier molecular flexibility index (Phi) is 8.02. The van der Waals surface area contributed by atoms with E-state index in [0.29, 0.717) is 30.2 Å². The monoisotopic (exact) mass is 535 g/mol. The molecule has 0 bridgehead atoms. The molecule has 182 valence electrons. The van der Waals surface area contributed by atoms with Crippen molar-refractivity contribution in [3.8, 4) is 5.75 Å². The van der Waals surface area contributed by atoms with E-state index in [0.717, 1.165) is 0 Å². The quantitative estimate of drug-likeness (QED) is 0.417. The Bertz CT molecular complexity index is 1020. The van der Waals surface area contributed by atoms with E-state index in [9.17, 15) is 19.7 Å². The van der Waals surface area contributed by atoms with Crippen LogP contribution >= 0.6 is 15.9 Å². The minimum atomic E-state index is -0.695. The molecule has 0 radical (unpaired) electrons. The summed E-state index contributed by atoms with van der Waals surface area (Å²) in [5.41, 5.74) is -0.692. The number of nitro benzene ring substituents is 1. The summed E-state index contributed by atoms with van der Waals surface area (Å²) >= 11 is 3.28. The summed E-state index contributed by atoms with van der Waals surface area (Å²) in [6.07, 6.45) is 4.31. The van der Waals surface area contributed by atoms with Gasteiger partial charge in [-0.05, 0) is 74.5 Å². The topological polar surface area (TPSA) is 137 Å². The van der Waals surface area contributed by atoms with Gasteiger partial charge in [0.05, 0.1) is 9.40 Å². The van der Waals surface area contributed by atoms with E-state index in [1.54, 1.807) is 20.8 Å². The summed E-state index contributed by atoms with van der Waals surface area (Å²) in [6, 6.07) is 4.90. The number of nitrogens with one attached hydrogen (secondary N) is 1. The van der Waals surface area contributed by atoms with E-state index in [-0.39, 0.29) is 29.5 Å². The number of nitro groups is 1. The lowest BCUT2D eigenvalue weighted by Crippen LogP contribution is -2.48. The van der Waals surface area contributed by atoms with Gasteiger partial charge in [-0.2, -0.15) is 0 Å². The minimum absolute atomic E-state index is 0.0792. The van der Waals surface area contributed by atoms with Crippen molar-refractivity contribution in [3.05, 3.63) is 51.2 Å². The maximum atomic E-state index is 13.1. The predicted octanol–water partition coefficient (Wildman–Crippen LogP) is 4.99. The molecule has 12 heteroatoms. The third-order valence-corrected chi connectivity index (χ3v) is 5.46. The molecule has 2 amide bonds. The van der Waals surface area contributed by atoms with Crippen LogP contribution in [0.4, 0.5) is 21.2 Å². The molecule has 3 rings (SSSR count). The summed E-state index contributed by atoms with van der Waals surface area (Å²) in [5, 5.41) is 13.7. The van der Waals surface area contributed by atoms with Gasteiger partial charge in [0.1, 0.15) is 11.4 Å². The van der Waals surface area contributed by atoms with Gasteiger partial charge in [0.2, 0.25) is 5.95 Å². The van der Waals surface area contributed by atoms with Crippen molar-refractivity contribution in [1.82, 2.24) is 15.3 Å². The highest BCUT2D eigenvalue weighted by atomic mass is 79.9. The smallest absolute Gasteiger partial charge is 0.422 e. The zero-order valence-corrected chi connectivity index (χ0v) is 20.6. The average Bonchev–Trinajstić information content (AvgIpc) is 2.75. The number of ether oxygens (including phenoxy) is 2. The van der Waals surface area contributed by atoms with Crippen LogP contribution in [0.2, 0.25) is 0 Å². The first-order valence-corrected chi connectivity index (χ1v) is 11.5. The molecule has 0 spiro atoms. The summed E-state index contributed by atoms with van der Waals surface area (Å²) in [5.74, 6) is 0.344. The van der Waals surface area contributed by atoms with Gasteiger partial charge in [-0.25, -0.2) is 24.5 Å². The van der Waals surface area contributed by atoms with Gasteiger partial charge < -0.3 is 14.8 Å². The molecule has 1 aliphatic carbocycles. The predicted molar refractivity (Wildman–Crippen MR) is 127 cm³/mol. The van der Waals surface area contributed by atoms with Gasteiger partial charge in [0.25, 0.3) is 5.69 Å². The van der Waals surface area contributed by atoms with Crippen molar-refractivity contribution in [2.75, 3.05) is 4.90 Å². The molecular formula is C22H26BrN5O6. The number of carbonyl (C=O) groups is 2. The molecule has 1 saturated carbocycles. The lowest BCUT2D eigenvalue weighted by atomic mass is 9.90. The standard InChI is InChI=1S/C22H26BrN5O6/c1-22(2,3)34-20(29)26-15-4-6-16(7-5-15)27(19-24-12-14(23)13-25-19)21(30)33-18-10-8-17(9-11-18)28(31)32/h8-13,15-16H,4-7H2,1-3H3,(H,26,29). The van der Waals surface area contributed by atoms with E-state index in [1.165, 1.54) is 41.6 Å². The molecule has 0 aliphatic heterocycles. The minimum Gasteiger partial charge on any atom is -0.444 e. The highest BCUT2D eigenvalue weighted by Gasteiger charge is 2.34. The fraction of sp³-hybridized carbons (Fsp3) is 0.455. The van der Waals surface area contributed by atoms with Crippen LogP contribution in [0.25, 0.3) is 0 Å². The number of anilines is 1. The molecule has 1 aromatic carbocycles. The van der Waals surface area contributed by atoms with Crippen LogP contribution in [0, 0.1) is 10.1 Å². The maximum absolute atomic E-state index is 13.1. The van der Waals surface area contributed by atoms with Crippen molar-refractivity contribution in [1.29, 1.82) is 0 Å². The average molecular weight is 536 g/mol. The van der Waals surface area contributed by atoms with E-state index in [1.807, 2.05) is 0 Å². The van der Waals surface area contributed by atoms with Crippen LogP contribution in [-0.2, 0) is 4.74 Å². The molecule has 2 aromatic rings. The number of aromatic nitrogens is 2. The number of amides is 2. The van der Waals surface area contributed by atoms with Crippen molar-refractivity contribution in [3.63, 3.8) is 0 Å². The van der Waals surface area contributed by atoms with Crippen molar-refractivity contribution >= 4 is 39.8 Å². The third-order valence-electron chi connectivity index (χ3n) is 5.05. The van der Waals surface area contributed by atoms with Crippen molar-refractivity contribution in [2.24, 2.45) is 0 Å². The number of alkyl carbamates (subject to hydrolysis) is 1. The van der Waals surface area contributed by atoms with E-state index in [2.05, 4.69) is 31.2 Å². The lowest BCUT2D eigenvalue weighted by Gasteiger charge is -2.35. The number of halogens is 1. The van der Waals surface area contributed by atoms with E-state index in [4.69, 9.17) is 9.47 Å². The van der Waals surface area contributed by atoms with Gasteiger partial charge in [-0.3, -0.25) is 10.1 Å². The molecule has 34 heavy (non-hydrogen) atoms. The number of carbonyl (C=O) groups excluding carboxylic acids is 2. The van der Waals surface area contributed by atoms with E-state index < -0.39 is 22.7 Å². The molecule has 1 fully saturated rings. The molecule has 0 unspecified atom stereocenters. The van der Waals surface area contributed by atoms with E-state index >= 15 is 0 Å². The Morgan fingerprint density at radius 1 is 1.12 bits per heavy atom. The molecule has 1 aliphatic rings. The second kappa shape index (κ2) is 10.8. The summed E-state index contributed by atoms with van der Waals surface area (Å²) < 4.78 is 11.5. The van der Waals surface area contributed by atoms with Gasteiger partial charge in [0.15, 0.2) is 0 Å². The highest BCUT2D eigenvalue weighted by molar-refractivity contribution is 9.10. The van der Waals surface area contributed by atoms with Gasteiger partial charge in [0, 0.05) is 36.6 Å². The normalized spacial score (nSPS) is 18.0. The fourth-order valence-corrected chi connectivity index (χ4v) is 3.77. The number of nitrogens with zero attached hydrogens (tertiary/aromatic N) is 4. The second-order valence-corrected chi connectivity index (χ2v) is 9.76. The van der Waals surface area contributed by atoms with Gasteiger partial charge in [-0.15, -0.1) is 0 Å². The molecule has 1 aromatic heterocycles. The number of benzene rings is 1. The summed E-state index contributed by atoms with van der Waals surface area (Å²) in [4.78, 5) is 45.4. The fourth-order valence-electron chi connectivity index (χ4n) is 3.56. The Balaban J connectivity index is 1.70. The van der Waals surface area contributed by atoms with Crippen LogP contribution in [0.3, 0.4) is 0 Å². The first-order valence-electron chi connectivity index (χ1n) is 10.7. The number of rotatable bonds is 5. The molecular weight excluding hydrogens is 510 g/mol. The Morgan fingerprint density at radius 3 is 2.24 bits per heavy atom. The summed E-state index contributed by atoms with van der Waals surface area (Å²) in [7, 11) is 0. The first-order chi connectivity index (χ1) is 16.0.